The molecule has 0 amide bonds. The minimum atomic E-state index is 0.925. The molecule has 0 bridgehead atoms. The van der Waals surface area contributed by atoms with Crippen LogP contribution < -0.4 is 4.90 Å². The van der Waals surface area contributed by atoms with Crippen molar-refractivity contribution in [1.29, 1.82) is 0 Å². The van der Waals surface area contributed by atoms with Gasteiger partial charge in [-0.2, -0.15) is 0 Å². The maximum Gasteiger partial charge on any atom is 0.144 e. The lowest BCUT2D eigenvalue weighted by Crippen LogP contribution is -2.09. The first-order valence-electron chi connectivity index (χ1n) is 15.2. The van der Waals surface area contributed by atoms with Crippen molar-refractivity contribution in [2.24, 2.45) is 0 Å². The largest absolute Gasteiger partial charge is 0.455 e. The lowest BCUT2D eigenvalue weighted by atomic mass is 10.0. The van der Waals surface area contributed by atoms with Crippen molar-refractivity contribution in [3.05, 3.63) is 164 Å². The van der Waals surface area contributed by atoms with Gasteiger partial charge in [0.05, 0.1) is 0 Å². The highest BCUT2D eigenvalue weighted by Gasteiger charge is 2.18. The Kier molecular flexibility index (Phi) is 6.03. The highest BCUT2D eigenvalue weighted by Crippen LogP contribution is 2.45. The molecule has 0 aliphatic carbocycles. The van der Waals surface area contributed by atoms with Gasteiger partial charge >= 0.3 is 0 Å². The van der Waals surface area contributed by atoms with E-state index in [4.69, 9.17) is 4.42 Å². The van der Waals surface area contributed by atoms with Crippen LogP contribution in [0.2, 0.25) is 0 Å². The third kappa shape index (κ3) is 4.40. The molecular formula is C42H27NOS. The van der Waals surface area contributed by atoms with Gasteiger partial charge in [-0.3, -0.25) is 0 Å². The topological polar surface area (TPSA) is 16.4 Å². The summed E-state index contributed by atoms with van der Waals surface area (Å²) in [6.07, 6.45) is 0. The Morgan fingerprint density at radius 2 is 0.933 bits per heavy atom. The zero-order valence-electron chi connectivity index (χ0n) is 24.4. The van der Waals surface area contributed by atoms with Crippen LogP contribution in [-0.4, -0.2) is 0 Å². The van der Waals surface area contributed by atoms with Gasteiger partial charge in [0.15, 0.2) is 0 Å². The summed E-state index contributed by atoms with van der Waals surface area (Å²) in [6, 6.07) is 58.4. The SMILES string of the molecule is c1ccc(-c2ccc(N(c3ccc(-c4ccccc4)cc3)c3ccc4sc5ccc6c7ccccc7oc6c5c4c3)cc2)cc1. The predicted octanol–water partition coefficient (Wildman–Crippen LogP) is 12.8. The highest BCUT2D eigenvalue weighted by atomic mass is 32.1. The average molecular weight is 594 g/mol. The normalized spacial score (nSPS) is 11.6. The average Bonchev–Trinajstić information content (AvgIpc) is 3.68. The molecule has 9 rings (SSSR count). The van der Waals surface area contributed by atoms with Gasteiger partial charge in [-0.05, 0) is 82.9 Å². The molecule has 0 radical (unpaired) electrons. The van der Waals surface area contributed by atoms with Crippen LogP contribution in [0.1, 0.15) is 0 Å². The predicted molar refractivity (Wildman–Crippen MR) is 192 cm³/mol. The summed E-state index contributed by atoms with van der Waals surface area (Å²) in [7, 11) is 0. The van der Waals surface area contributed by atoms with Crippen LogP contribution in [0.3, 0.4) is 0 Å². The zero-order chi connectivity index (χ0) is 29.7. The van der Waals surface area contributed by atoms with E-state index in [0.717, 1.165) is 39.0 Å². The molecule has 0 saturated carbocycles. The number of rotatable bonds is 5. The molecule has 2 heterocycles. The van der Waals surface area contributed by atoms with E-state index in [9.17, 15) is 0 Å². The molecule has 3 heteroatoms. The summed E-state index contributed by atoms with van der Waals surface area (Å²) in [4.78, 5) is 2.35. The van der Waals surface area contributed by atoms with Crippen LogP contribution in [-0.2, 0) is 0 Å². The molecule has 0 aliphatic heterocycles. The monoisotopic (exact) mass is 593 g/mol. The molecule has 45 heavy (non-hydrogen) atoms. The van der Waals surface area contributed by atoms with Gasteiger partial charge in [0.2, 0.25) is 0 Å². The third-order valence-corrected chi connectivity index (χ3v) is 9.82. The maximum atomic E-state index is 6.51. The van der Waals surface area contributed by atoms with E-state index in [1.54, 1.807) is 0 Å². The molecule has 0 atom stereocenters. The van der Waals surface area contributed by atoms with Gasteiger partial charge in [0, 0.05) is 48.0 Å². The Balaban J connectivity index is 1.22. The molecule has 0 N–H and O–H groups in total. The van der Waals surface area contributed by atoms with Crippen molar-refractivity contribution in [2.75, 3.05) is 4.90 Å². The number of nitrogens with zero attached hydrogens (tertiary/aromatic N) is 1. The van der Waals surface area contributed by atoms with Crippen molar-refractivity contribution < 1.29 is 4.42 Å². The Morgan fingerprint density at radius 1 is 0.400 bits per heavy atom. The van der Waals surface area contributed by atoms with E-state index in [1.165, 1.54) is 42.4 Å². The summed E-state index contributed by atoms with van der Waals surface area (Å²) in [6.45, 7) is 0. The van der Waals surface area contributed by atoms with Crippen molar-refractivity contribution in [1.82, 2.24) is 0 Å². The number of furan rings is 1. The molecule has 0 aliphatic rings. The Morgan fingerprint density at radius 3 is 1.58 bits per heavy atom. The van der Waals surface area contributed by atoms with E-state index in [1.807, 2.05) is 17.4 Å². The van der Waals surface area contributed by atoms with Gasteiger partial charge in [0.1, 0.15) is 11.2 Å². The molecule has 0 unspecified atom stereocenters. The quantitative estimate of drug-likeness (QED) is 0.197. The number of benzene rings is 7. The van der Waals surface area contributed by atoms with Crippen LogP contribution in [0.4, 0.5) is 17.1 Å². The van der Waals surface area contributed by atoms with Gasteiger partial charge in [-0.1, -0.05) is 103 Å². The van der Waals surface area contributed by atoms with Gasteiger partial charge in [0.25, 0.3) is 0 Å². The van der Waals surface area contributed by atoms with E-state index < -0.39 is 0 Å². The number of anilines is 3. The second-order valence-electron chi connectivity index (χ2n) is 11.4. The van der Waals surface area contributed by atoms with Crippen molar-refractivity contribution >= 4 is 70.5 Å². The molecule has 7 aromatic carbocycles. The fourth-order valence-electron chi connectivity index (χ4n) is 6.49. The molecule has 2 nitrogen and oxygen atoms in total. The highest BCUT2D eigenvalue weighted by molar-refractivity contribution is 7.26. The van der Waals surface area contributed by atoms with Gasteiger partial charge < -0.3 is 9.32 Å². The molecule has 9 aromatic rings. The van der Waals surface area contributed by atoms with E-state index in [2.05, 4.69) is 163 Å². The summed E-state index contributed by atoms with van der Waals surface area (Å²) in [5.41, 5.74) is 10.0. The summed E-state index contributed by atoms with van der Waals surface area (Å²) in [5.74, 6) is 0. The maximum absolute atomic E-state index is 6.51. The lowest BCUT2D eigenvalue weighted by molar-refractivity contribution is 0.673. The molecule has 0 spiro atoms. The van der Waals surface area contributed by atoms with Crippen LogP contribution in [0.15, 0.2) is 168 Å². The number of para-hydroxylation sites is 1. The van der Waals surface area contributed by atoms with E-state index in [0.29, 0.717) is 0 Å². The fraction of sp³-hybridized carbons (Fsp3) is 0. The molecule has 0 saturated heterocycles. The van der Waals surface area contributed by atoms with Crippen LogP contribution >= 0.6 is 11.3 Å². The smallest absolute Gasteiger partial charge is 0.144 e. The first-order chi connectivity index (χ1) is 22.3. The summed E-state index contributed by atoms with van der Waals surface area (Å²) < 4.78 is 8.99. The number of hydrogen-bond donors (Lipinski definition) is 0. The first kappa shape index (κ1) is 25.8. The number of hydrogen-bond acceptors (Lipinski definition) is 3. The van der Waals surface area contributed by atoms with Crippen LogP contribution in [0.5, 0.6) is 0 Å². The minimum Gasteiger partial charge on any atom is -0.455 e. The standard InChI is InChI=1S/C42H27NOS/c1-3-9-28(10-4-1)30-15-19-32(20-16-30)43(33-21-17-31(18-22-33)29-11-5-2-6-12-29)34-23-25-39-37(27-34)41-40(45-39)26-24-36-35-13-7-8-14-38(35)44-42(36)41/h1-27H. The van der Waals surface area contributed by atoms with Gasteiger partial charge in [-0.25, -0.2) is 0 Å². The Labute approximate surface area is 265 Å². The van der Waals surface area contributed by atoms with E-state index >= 15 is 0 Å². The lowest BCUT2D eigenvalue weighted by Gasteiger charge is -2.26. The van der Waals surface area contributed by atoms with Crippen LogP contribution in [0, 0.1) is 0 Å². The number of fused-ring (bicyclic) bond motifs is 7. The van der Waals surface area contributed by atoms with Gasteiger partial charge in [-0.15, -0.1) is 11.3 Å². The van der Waals surface area contributed by atoms with Crippen molar-refractivity contribution in [3.63, 3.8) is 0 Å². The molecule has 212 valence electrons. The first-order valence-corrected chi connectivity index (χ1v) is 16.0. The molecular weight excluding hydrogens is 567 g/mol. The Bertz CT molecular complexity index is 2370. The second kappa shape index (κ2) is 10.5. The second-order valence-corrected chi connectivity index (χ2v) is 12.4. The fourth-order valence-corrected chi connectivity index (χ4v) is 7.57. The van der Waals surface area contributed by atoms with Crippen molar-refractivity contribution in [2.45, 2.75) is 0 Å². The van der Waals surface area contributed by atoms with Crippen LogP contribution in [0.25, 0.3) is 64.4 Å². The van der Waals surface area contributed by atoms with Crippen molar-refractivity contribution in [3.8, 4) is 22.3 Å². The van der Waals surface area contributed by atoms with E-state index in [-0.39, 0.29) is 0 Å². The molecule has 2 aromatic heterocycles. The minimum absolute atomic E-state index is 0.925. The summed E-state index contributed by atoms with van der Waals surface area (Å²) in [5, 5.41) is 4.71. The molecule has 0 fully saturated rings. The Hall–Kier alpha value is -5.64. The third-order valence-electron chi connectivity index (χ3n) is 8.68. The zero-order valence-corrected chi connectivity index (χ0v) is 25.2. The summed E-state index contributed by atoms with van der Waals surface area (Å²) >= 11 is 1.82. The number of thiophene rings is 1.